The van der Waals surface area contributed by atoms with Crippen molar-refractivity contribution < 1.29 is 4.79 Å². The van der Waals surface area contributed by atoms with E-state index in [1.165, 1.54) is 0 Å². The number of hydrogen-bond donors (Lipinski definition) is 1. The third-order valence-electron chi connectivity index (χ3n) is 3.19. The van der Waals surface area contributed by atoms with E-state index in [0.717, 1.165) is 15.6 Å². The molecule has 1 aromatic carbocycles. The van der Waals surface area contributed by atoms with Crippen molar-refractivity contribution in [2.24, 2.45) is 5.73 Å². The number of benzene rings is 1. The van der Waals surface area contributed by atoms with E-state index in [0.29, 0.717) is 18.0 Å². The van der Waals surface area contributed by atoms with Gasteiger partial charge in [0.05, 0.1) is 10.6 Å². The second-order valence-corrected chi connectivity index (χ2v) is 6.39. The first-order valence-corrected chi connectivity index (χ1v) is 7.85. The molecule has 2 rings (SSSR count). The average molecular weight is 306 g/mol. The maximum absolute atomic E-state index is 12.7. The van der Waals surface area contributed by atoms with Gasteiger partial charge in [0.2, 0.25) is 0 Å². The number of nitrogens with zero attached hydrogens (tertiary/aromatic N) is 1. The number of carbonyl (C=O) groups is 1. The molecule has 1 aromatic heterocycles. The molecule has 106 valence electrons. The molecule has 1 heterocycles. The maximum atomic E-state index is 12.7. The zero-order valence-electron chi connectivity index (χ0n) is 11.6. The minimum atomic E-state index is 0.0497. The van der Waals surface area contributed by atoms with E-state index in [4.69, 9.17) is 18.0 Å². The summed E-state index contributed by atoms with van der Waals surface area (Å²) in [5, 5.41) is 2.95. The first-order chi connectivity index (χ1) is 9.50. The molecule has 2 aromatic rings. The van der Waals surface area contributed by atoms with Gasteiger partial charge in [0.1, 0.15) is 0 Å². The maximum Gasteiger partial charge on any atom is 0.255 e. The second kappa shape index (κ2) is 6.33. The molecule has 0 saturated heterocycles. The van der Waals surface area contributed by atoms with Crippen molar-refractivity contribution in [3.8, 4) is 0 Å². The molecule has 0 saturated carbocycles. The fourth-order valence-corrected chi connectivity index (χ4v) is 3.15. The fraction of sp³-hybridized carbons (Fsp3) is 0.333. The van der Waals surface area contributed by atoms with Crippen LogP contribution in [-0.4, -0.2) is 28.4 Å². The summed E-state index contributed by atoms with van der Waals surface area (Å²) >= 11 is 6.50. The number of nitrogens with two attached hydrogens (primary N) is 1. The molecule has 2 N–H and O–H groups in total. The van der Waals surface area contributed by atoms with Crippen molar-refractivity contribution in [2.75, 3.05) is 6.54 Å². The number of carbonyl (C=O) groups excluding carboxylic acids is 1. The lowest BCUT2D eigenvalue weighted by molar-refractivity contribution is 0.0714. The average Bonchev–Trinajstić information content (AvgIpc) is 2.81. The van der Waals surface area contributed by atoms with Crippen LogP contribution in [0, 0.1) is 0 Å². The zero-order chi connectivity index (χ0) is 14.7. The molecule has 3 nitrogen and oxygen atoms in total. The van der Waals surface area contributed by atoms with Gasteiger partial charge >= 0.3 is 0 Å². The molecule has 1 amide bonds. The number of rotatable bonds is 5. The minimum Gasteiger partial charge on any atom is -0.393 e. The molecule has 0 fully saturated rings. The molecule has 0 spiro atoms. The highest BCUT2D eigenvalue weighted by atomic mass is 32.1. The lowest BCUT2D eigenvalue weighted by Gasteiger charge is -2.26. The predicted molar refractivity (Wildman–Crippen MR) is 89.4 cm³/mol. The molecular formula is C15H18N2OS2. The molecule has 5 heteroatoms. The summed E-state index contributed by atoms with van der Waals surface area (Å²) in [4.78, 5) is 15.0. The van der Waals surface area contributed by atoms with Crippen LogP contribution in [0.5, 0.6) is 0 Å². The van der Waals surface area contributed by atoms with Crippen LogP contribution in [0.25, 0.3) is 10.1 Å². The molecule has 0 aliphatic rings. The van der Waals surface area contributed by atoms with Crippen molar-refractivity contribution in [3.63, 3.8) is 0 Å². The van der Waals surface area contributed by atoms with Crippen molar-refractivity contribution in [1.82, 2.24) is 4.90 Å². The van der Waals surface area contributed by atoms with Gasteiger partial charge in [-0.2, -0.15) is 0 Å². The van der Waals surface area contributed by atoms with Crippen LogP contribution in [0.4, 0.5) is 0 Å². The highest BCUT2D eigenvalue weighted by molar-refractivity contribution is 7.80. The van der Waals surface area contributed by atoms with Crippen LogP contribution in [0.3, 0.4) is 0 Å². The normalized spacial score (nSPS) is 10.9. The summed E-state index contributed by atoms with van der Waals surface area (Å²) in [6, 6.07) is 8.09. The van der Waals surface area contributed by atoms with E-state index in [9.17, 15) is 4.79 Å². The van der Waals surface area contributed by atoms with Crippen molar-refractivity contribution in [3.05, 3.63) is 35.2 Å². The van der Waals surface area contributed by atoms with Gasteiger partial charge in [-0.05, 0) is 19.9 Å². The Labute approximate surface area is 128 Å². The first kappa shape index (κ1) is 14.9. The highest BCUT2D eigenvalue weighted by Crippen LogP contribution is 2.27. The Balaban J connectivity index is 2.29. The van der Waals surface area contributed by atoms with Gasteiger partial charge in [-0.25, -0.2) is 0 Å². The number of fused-ring (bicyclic) bond motifs is 1. The Kier molecular flexibility index (Phi) is 4.73. The third-order valence-corrected chi connectivity index (χ3v) is 4.36. The predicted octanol–water partition coefficient (Wildman–Crippen LogP) is 3.43. The number of amides is 1. The summed E-state index contributed by atoms with van der Waals surface area (Å²) in [7, 11) is 0. The van der Waals surface area contributed by atoms with Crippen LogP contribution in [0.2, 0.25) is 0 Å². The van der Waals surface area contributed by atoms with E-state index in [-0.39, 0.29) is 11.9 Å². The zero-order valence-corrected chi connectivity index (χ0v) is 13.3. The Morgan fingerprint density at radius 3 is 2.75 bits per heavy atom. The van der Waals surface area contributed by atoms with Crippen molar-refractivity contribution >= 4 is 44.5 Å². The van der Waals surface area contributed by atoms with Crippen LogP contribution >= 0.6 is 23.6 Å². The summed E-state index contributed by atoms with van der Waals surface area (Å²) in [6.45, 7) is 4.58. The molecular weight excluding hydrogens is 288 g/mol. The molecule has 0 radical (unpaired) electrons. The molecule has 0 unspecified atom stereocenters. The van der Waals surface area contributed by atoms with Gasteiger partial charge in [-0.15, -0.1) is 11.3 Å². The molecule has 0 atom stereocenters. The van der Waals surface area contributed by atoms with Crippen LogP contribution < -0.4 is 5.73 Å². The Morgan fingerprint density at radius 1 is 1.40 bits per heavy atom. The van der Waals surface area contributed by atoms with Gasteiger partial charge in [0, 0.05) is 34.5 Å². The van der Waals surface area contributed by atoms with Crippen LogP contribution in [0.1, 0.15) is 30.6 Å². The van der Waals surface area contributed by atoms with Gasteiger partial charge in [-0.3, -0.25) is 4.79 Å². The number of thiocarbonyl (C=S) groups is 1. The number of thiophene rings is 1. The molecule has 0 aliphatic carbocycles. The topological polar surface area (TPSA) is 46.3 Å². The van der Waals surface area contributed by atoms with E-state index >= 15 is 0 Å². The molecule has 20 heavy (non-hydrogen) atoms. The summed E-state index contributed by atoms with van der Waals surface area (Å²) < 4.78 is 1.13. The SMILES string of the molecule is CC(C)N(CCC(N)=S)C(=O)c1csc2ccccc12. The van der Waals surface area contributed by atoms with E-state index in [1.54, 1.807) is 11.3 Å². The van der Waals surface area contributed by atoms with Crippen molar-refractivity contribution in [2.45, 2.75) is 26.3 Å². The van der Waals surface area contributed by atoms with Gasteiger partial charge in [-0.1, -0.05) is 30.4 Å². The standard InChI is InChI=1S/C15H18N2OS2/c1-10(2)17(8-7-14(16)19)15(18)12-9-20-13-6-4-3-5-11(12)13/h3-6,9-10H,7-8H2,1-2H3,(H2,16,19). The van der Waals surface area contributed by atoms with E-state index in [1.807, 2.05) is 48.4 Å². The Bertz CT molecular complexity index is 634. The largest absolute Gasteiger partial charge is 0.393 e. The summed E-state index contributed by atoms with van der Waals surface area (Å²) in [6.07, 6.45) is 0.557. The molecule has 0 bridgehead atoms. The van der Waals surface area contributed by atoms with Gasteiger partial charge < -0.3 is 10.6 Å². The monoisotopic (exact) mass is 306 g/mol. The van der Waals surface area contributed by atoms with E-state index in [2.05, 4.69) is 0 Å². The first-order valence-electron chi connectivity index (χ1n) is 6.56. The highest BCUT2D eigenvalue weighted by Gasteiger charge is 2.21. The van der Waals surface area contributed by atoms with Crippen LogP contribution in [-0.2, 0) is 0 Å². The lowest BCUT2D eigenvalue weighted by Crippen LogP contribution is -2.38. The third kappa shape index (κ3) is 3.16. The smallest absolute Gasteiger partial charge is 0.255 e. The summed E-state index contributed by atoms with van der Waals surface area (Å²) in [5.74, 6) is 0.0497. The molecule has 0 aliphatic heterocycles. The second-order valence-electron chi connectivity index (χ2n) is 4.95. The summed E-state index contributed by atoms with van der Waals surface area (Å²) in [5.41, 5.74) is 6.31. The minimum absolute atomic E-state index is 0.0497. The van der Waals surface area contributed by atoms with E-state index < -0.39 is 0 Å². The lowest BCUT2D eigenvalue weighted by atomic mass is 10.1. The Morgan fingerprint density at radius 2 is 2.10 bits per heavy atom. The van der Waals surface area contributed by atoms with Gasteiger partial charge in [0.25, 0.3) is 5.91 Å². The van der Waals surface area contributed by atoms with Crippen LogP contribution in [0.15, 0.2) is 29.6 Å². The van der Waals surface area contributed by atoms with Gasteiger partial charge in [0.15, 0.2) is 0 Å². The van der Waals surface area contributed by atoms with Crippen molar-refractivity contribution in [1.29, 1.82) is 0 Å². The quantitative estimate of drug-likeness (QED) is 0.861. The fourth-order valence-electron chi connectivity index (χ4n) is 2.12. The Hall–Kier alpha value is -1.46. The number of hydrogen-bond acceptors (Lipinski definition) is 3.